The maximum Gasteiger partial charge on any atom is 0.0717 e. The fourth-order valence-corrected chi connectivity index (χ4v) is 3.19. The van der Waals surface area contributed by atoms with Crippen LogP contribution in [0.25, 0.3) is 0 Å². The van der Waals surface area contributed by atoms with Crippen molar-refractivity contribution >= 4 is 0 Å². The minimum Gasteiger partial charge on any atom is -0.376 e. The summed E-state index contributed by atoms with van der Waals surface area (Å²) in [5, 5.41) is 3.62. The molecule has 2 nitrogen and oxygen atoms in total. The van der Waals surface area contributed by atoms with Gasteiger partial charge in [0, 0.05) is 11.5 Å². The van der Waals surface area contributed by atoms with Crippen LogP contribution < -0.4 is 5.32 Å². The zero-order valence-corrected chi connectivity index (χ0v) is 10.8. The maximum atomic E-state index is 5.99. The number of hydrogen-bond acceptors (Lipinski definition) is 2. The van der Waals surface area contributed by atoms with E-state index in [-0.39, 0.29) is 0 Å². The highest BCUT2D eigenvalue weighted by atomic mass is 16.5. The summed E-state index contributed by atoms with van der Waals surface area (Å²) < 4.78 is 5.99. The average molecular weight is 243 g/mol. The third-order valence-electron chi connectivity index (χ3n) is 4.32. The molecule has 3 rings (SSSR count). The molecule has 1 saturated heterocycles. The molecule has 0 saturated carbocycles. The van der Waals surface area contributed by atoms with Gasteiger partial charge in [0.25, 0.3) is 0 Å². The zero-order chi connectivity index (χ0) is 12.3. The SMILES string of the molecule is C1=CC[C@@]2(COCc3ccccc3)CCN[C@H]2C1. The topological polar surface area (TPSA) is 21.3 Å². The molecule has 0 radical (unpaired) electrons. The second-order valence-corrected chi connectivity index (χ2v) is 5.51. The van der Waals surface area contributed by atoms with E-state index in [1.165, 1.54) is 18.4 Å². The van der Waals surface area contributed by atoms with Crippen LogP contribution in [0.3, 0.4) is 0 Å². The normalized spacial score (nSPS) is 30.3. The standard InChI is InChI=1S/C16H21NO/c1-2-6-14(7-3-1)12-18-13-16-9-5-4-8-15(16)17-11-10-16/h1-7,15,17H,8-13H2/t15-,16-/m0/s1. The van der Waals surface area contributed by atoms with E-state index in [9.17, 15) is 0 Å². The minimum absolute atomic E-state index is 0.351. The summed E-state index contributed by atoms with van der Waals surface area (Å²) >= 11 is 0. The van der Waals surface area contributed by atoms with Crippen LogP contribution in [0, 0.1) is 5.41 Å². The third kappa shape index (κ3) is 2.36. The Hall–Kier alpha value is -1.12. The van der Waals surface area contributed by atoms with E-state index in [0.29, 0.717) is 11.5 Å². The summed E-state index contributed by atoms with van der Waals surface area (Å²) in [6, 6.07) is 11.1. The van der Waals surface area contributed by atoms with Gasteiger partial charge in [0.15, 0.2) is 0 Å². The van der Waals surface area contributed by atoms with Crippen molar-refractivity contribution < 1.29 is 4.74 Å². The summed E-state index contributed by atoms with van der Waals surface area (Å²) in [6.45, 7) is 2.75. The van der Waals surface area contributed by atoms with E-state index in [4.69, 9.17) is 4.74 Å². The summed E-state index contributed by atoms with van der Waals surface area (Å²) in [5.41, 5.74) is 1.62. The van der Waals surface area contributed by atoms with Crippen molar-refractivity contribution in [3.63, 3.8) is 0 Å². The first-order valence-corrected chi connectivity index (χ1v) is 6.89. The molecule has 2 atom stereocenters. The minimum atomic E-state index is 0.351. The Labute approximate surface area is 109 Å². The van der Waals surface area contributed by atoms with Crippen molar-refractivity contribution in [2.24, 2.45) is 5.41 Å². The molecule has 96 valence electrons. The molecule has 18 heavy (non-hydrogen) atoms. The largest absolute Gasteiger partial charge is 0.376 e. The van der Waals surface area contributed by atoms with Crippen LogP contribution in [-0.2, 0) is 11.3 Å². The lowest BCUT2D eigenvalue weighted by Crippen LogP contribution is -2.41. The fraction of sp³-hybridized carbons (Fsp3) is 0.500. The molecule has 0 unspecified atom stereocenters. The van der Waals surface area contributed by atoms with E-state index < -0.39 is 0 Å². The lowest BCUT2D eigenvalue weighted by Gasteiger charge is -2.36. The third-order valence-corrected chi connectivity index (χ3v) is 4.32. The van der Waals surface area contributed by atoms with E-state index in [0.717, 1.165) is 26.2 Å². The quantitative estimate of drug-likeness (QED) is 0.821. The molecule has 0 amide bonds. The number of hydrogen-bond donors (Lipinski definition) is 1. The summed E-state index contributed by atoms with van der Waals surface area (Å²) in [6.07, 6.45) is 8.21. The van der Waals surface area contributed by atoms with Crippen LogP contribution in [-0.4, -0.2) is 19.2 Å². The summed E-state index contributed by atoms with van der Waals surface area (Å²) in [7, 11) is 0. The van der Waals surface area contributed by atoms with Crippen LogP contribution in [0.1, 0.15) is 24.8 Å². The van der Waals surface area contributed by atoms with E-state index >= 15 is 0 Å². The van der Waals surface area contributed by atoms with E-state index in [1.54, 1.807) is 0 Å². The van der Waals surface area contributed by atoms with Crippen LogP contribution in [0.5, 0.6) is 0 Å². The Bertz CT molecular complexity index is 414. The molecule has 1 N–H and O–H groups in total. The smallest absolute Gasteiger partial charge is 0.0717 e. The van der Waals surface area contributed by atoms with Crippen molar-refractivity contribution in [2.45, 2.75) is 31.9 Å². The van der Waals surface area contributed by atoms with Gasteiger partial charge in [0.05, 0.1) is 13.2 Å². The first-order valence-electron chi connectivity index (χ1n) is 6.89. The number of ether oxygens (including phenoxy) is 1. The molecule has 2 aliphatic rings. The van der Waals surface area contributed by atoms with Crippen LogP contribution in [0.15, 0.2) is 42.5 Å². The Balaban J connectivity index is 1.57. The van der Waals surface area contributed by atoms with Crippen LogP contribution in [0.4, 0.5) is 0 Å². The Morgan fingerprint density at radius 2 is 2.11 bits per heavy atom. The molecule has 1 aromatic carbocycles. The van der Waals surface area contributed by atoms with Gasteiger partial charge in [-0.3, -0.25) is 0 Å². The second kappa shape index (κ2) is 5.25. The van der Waals surface area contributed by atoms with Crippen molar-refractivity contribution in [1.29, 1.82) is 0 Å². The van der Waals surface area contributed by atoms with Gasteiger partial charge in [-0.25, -0.2) is 0 Å². The van der Waals surface area contributed by atoms with Crippen LogP contribution >= 0.6 is 0 Å². The average Bonchev–Trinajstić information content (AvgIpc) is 2.84. The van der Waals surface area contributed by atoms with Gasteiger partial charge in [-0.15, -0.1) is 0 Å². The molecule has 2 heteroatoms. The molecule has 1 fully saturated rings. The highest BCUT2D eigenvalue weighted by molar-refractivity contribution is 5.14. The number of nitrogens with one attached hydrogen (secondary N) is 1. The molecule has 1 aromatic rings. The van der Waals surface area contributed by atoms with Crippen molar-refractivity contribution in [3.05, 3.63) is 48.0 Å². The van der Waals surface area contributed by atoms with Gasteiger partial charge in [-0.05, 0) is 31.4 Å². The number of allylic oxidation sites excluding steroid dienone is 1. The number of fused-ring (bicyclic) bond motifs is 1. The van der Waals surface area contributed by atoms with Crippen molar-refractivity contribution in [3.8, 4) is 0 Å². The van der Waals surface area contributed by atoms with E-state index in [1.807, 2.05) is 6.07 Å². The Morgan fingerprint density at radius 3 is 3.00 bits per heavy atom. The van der Waals surface area contributed by atoms with Gasteiger partial charge in [-0.2, -0.15) is 0 Å². The van der Waals surface area contributed by atoms with Gasteiger partial charge in [-0.1, -0.05) is 42.5 Å². The summed E-state index contributed by atoms with van der Waals surface area (Å²) in [4.78, 5) is 0. The first kappa shape index (κ1) is 11.9. The molecule has 0 aromatic heterocycles. The zero-order valence-electron chi connectivity index (χ0n) is 10.8. The summed E-state index contributed by atoms with van der Waals surface area (Å²) in [5.74, 6) is 0. The van der Waals surface area contributed by atoms with E-state index in [2.05, 4.69) is 41.7 Å². The van der Waals surface area contributed by atoms with Gasteiger partial charge >= 0.3 is 0 Å². The molecule has 1 aliphatic heterocycles. The monoisotopic (exact) mass is 243 g/mol. The predicted octanol–water partition coefficient (Wildman–Crippen LogP) is 2.90. The molecule has 0 bridgehead atoms. The predicted molar refractivity (Wildman–Crippen MR) is 73.3 cm³/mol. The van der Waals surface area contributed by atoms with Gasteiger partial charge in [0.1, 0.15) is 0 Å². The lowest BCUT2D eigenvalue weighted by molar-refractivity contribution is 0.0251. The fourth-order valence-electron chi connectivity index (χ4n) is 3.19. The molecular weight excluding hydrogens is 222 g/mol. The highest BCUT2D eigenvalue weighted by Gasteiger charge is 2.42. The van der Waals surface area contributed by atoms with Crippen molar-refractivity contribution in [1.82, 2.24) is 5.32 Å². The maximum absolute atomic E-state index is 5.99. The molecule has 1 aliphatic carbocycles. The number of benzene rings is 1. The Kier molecular flexibility index (Phi) is 3.48. The lowest BCUT2D eigenvalue weighted by atomic mass is 9.74. The number of rotatable bonds is 4. The molecular formula is C16H21NO. The molecule has 1 heterocycles. The first-order chi connectivity index (χ1) is 8.89. The van der Waals surface area contributed by atoms with Gasteiger partial charge < -0.3 is 10.1 Å². The highest BCUT2D eigenvalue weighted by Crippen LogP contribution is 2.40. The second-order valence-electron chi connectivity index (χ2n) is 5.51. The Morgan fingerprint density at radius 1 is 1.22 bits per heavy atom. The van der Waals surface area contributed by atoms with Crippen molar-refractivity contribution in [2.75, 3.05) is 13.2 Å². The van der Waals surface area contributed by atoms with Gasteiger partial charge in [0.2, 0.25) is 0 Å². The van der Waals surface area contributed by atoms with Crippen LogP contribution in [0.2, 0.25) is 0 Å². The molecule has 0 spiro atoms.